The van der Waals surface area contributed by atoms with Gasteiger partial charge in [-0.3, -0.25) is 14.9 Å². The summed E-state index contributed by atoms with van der Waals surface area (Å²) in [6.45, 7) is 4.02. The molecule has 150 valence electrons. The summed E-state index contributed by atoms with van der Waals surface area (Å²) in [5.41, 5.74) is 0.760. The van der Waals surface area contributed by atoms with Crippen molar-refractivity contribution in [2.45, 2.75) is 13.0 Å². The number of rotatable bonds is 3. The van der Waals surface area contributed by atoms with E-state index in [0.29, 0.717) is 38.7 Å². The fourth-order valence-corrected chi connectivity index (χ4v) is 3.33. The van der Waals surface area contributed by atoms with Gasteiger partial charge >= 0.3 is 12.1 Å². The Kier molecular flexibility index (Phi) is 6.13. The topological polar surface area (TPSA) is 101 Å². The molecule has 0 radical (unpaired) electrons. The van der Waals surface area contributed by atoms with Gasteiger partial charge in [0.15, 0.2) is 5.92 Å². The highest BCUT2D eigenvalue weighted by Gasteiger charge is 2.42. The van der Waals surface area contributed by atoms with Gasteiger partial charge in [-0.2, -0.15) is 0 Å². The Morgan fingerprint density at radius 2 is 1.86 bits per heavy atom. The Morgan fingerprint density at radius 3 is 2.46 bits per heavy atom. The summed E-state index contributed by atoms with van der Waals surface area (Å²) in [5.74, 6) is -1.71. The van der Waals surface area contributed by atoms with Crippen LogP contribution in [0.3, 0.4) is 0 Å². The monoisotopic (exact) mass is 388 g/mol. The predicted molar refractivity (Wildman–Crippen MR) is 100 cm³/mol. The standard InChI is InChI=1S/C19H24N4O5/c1-3-28-19(26)23-11-9-22(10-12-23)18-20-15(13-7-5-4-6-8-13)14(16(24)21-18)17(25)27-2/h4-8,14-15H,3,9-12H2,1-2H3,(H,20,21,24)/t14-,15-/m1/s1. The SMILES string of the molecule is CCOC(=O)N1CCN(C2=N[C@H](c3ccccc3)[C@@H](C(=O)OC)C(=O)N2)CC1. The van der Waals surface area contributed by atoms with E-state index in [2.05, 4.69) is 10.3 Å². The quantitative estimate of drug-likeness (QED) is 0.607. The zero-order chi connectivity index (χ0) is 20.1. The maximum Gasteiger partial charge on any atom is 0.409 e. The molecule has 0 aliphatic carbocycles. The minimum atomic E-state index is -1.04. The van der Waals surface area contributed by atoms with Gasteiger partial charge in [-0.05, 0) is 12.5 Å². The first-order chi connectivity index (χ1) is 13.5. The second-order valence-electron chi connectivity index (χ2n) is 6.47. The summed E-state index contributed by atoms with van der Waals surface area (Å²) in [6.07, 6.45) is -0.343. The number of ether oxygens (including phenoxy) is 2. The first kappa shape index (κ1) is 19.7. The molecule has 1 aromatic rings. The van der Waals surface area contributed by atoms with Crippen molar-refractivity contribution in [2.24, 2.45) is 10.9 Å². The van der Waals surface area contributed by atoms with Gasteiger partial charge in [-0.15, -0.1) is 0 Å². The van der Waals surface area contributed by atoms with Crippen LogP contribution in [0.15, 0.2) is 35.3 Å². The summed E-state index contributed by atoms with van der Waals surface area (Å²) in [7, 11) is 1.26. The molecule has 2 amide bonds. The predicted octanol–water partition coefficient (Wildman–Crippen LogP) is 0.777. The van der Waals surface area contributed by atoms with Gasteiger partial charge in [0.05, 0.1) is 13.7 Å². The lowest BCUT2D eigenvalue weighted by atomic mass is 9.91. The van der Waals surface area contributed by atoms with Crippen molar-refractivity contribution in [1.29, 1.82) is 0 Å². The Bertz CT molecular complexity index is 759. The van der Waals surface area contributed by atoms with Gasteiger partial charge in [0, 0.05) is 26.2 Å². The molecule has 1 fully saturated rings. The molecule has 0 saturated carbocycles. The number of hydrogen-bond donors (Lipinski definition) is 1. The van der Waals surface area contributed by atoms with E-state index in [4.69, 9.17) is 9.47 Å². The number of carbonyl (C=O) groups excluding carboxylic acids is 3. The molecule has 2 atom stereocenters. The van der Waals surface area contributed by atoms with Crippen molar-refractivity contribution >= 4 is 23.9 Å². The third-order valence-corrected chi connectivity index (χ3v) is 4.80. The van der Waals surface area contributed by atoms with Crippen molar-refractivity contribution in [1.82, 2.24) is 15.1 Å². The van der Waals surface area contributed by atoms with Crippen LogP contribution in [0.25, 0.3) is 0 Å². The number of benzene rings is 1. The van der Waals surface area contributed by atoms with Crippen molar-refractivity contribution in [3.05, 3.63) is 35.9 Å². The molecule has 0 unspecified atom stereocenters. The molecule has 2 aliphatic rings. The number of methoxy groups -OCH3 is 1. The number of guanidine groups is 1. The number of amides is 2. The van der Waals surface area contributed by atoms with Crippen LogP contribution in [0, 0.1) is 5.92 Å². The van der Waals surface area contributed by atoms with Crippen molar-refractivity contribution < 1.29 is 23.9 Å². The first-order valence-electron chi connectivity index (χ1n) is 9.23. The molecule has 0 bridgehead atoms. The minimum Gasteiger partial charge on any atom is -0.468 e. The lowest BCUT2D eigenvalue weighted by molar-refractivity contribution is -0.151. The molecule has 0 aromatic heterocycles. The number of nitrogens with zero attached hydrogens (tertiary/aromatic N) is 3. The number of hydrogen-bond acceptors (Lipinski definition) is 7. The second-order valence-corrected chi connectivity index (χ2v) is 6.47. The molecule has 9 heteroatoms. The summed E-state index contributed by atoms with van der Waals surface area (Å²) < 4.78 is 9.84. The summed E-state index contributed by atoms with van der Waals surface area (Å²) in [6, 6.07) is 8.53. The average Bonchev–Trinajstić information content (AvgIpc) is 2.73. The smallest absolute Gasteiger partial charge is 0.409 e. The highest BCUT2D eigenvalue weighted by molar-refractivity contribution is 6.08. The Balaban J connectivity index is 1.80. The van der Waals surface area contributed by atoms with E-state index in [1.54, 1.807) is 11.8 Å². The van der Waals surface area contributed by atoms with Crippen LogP contribution in [0.2, 0.25) is 0 Å². The van der Waals surface area contributed by atoms with Crippen LogP contribution in [-0.4, -0.2) is 73.6 Å². The van der Waals surface area contributed by atoms with E-state index in [0.717, 1.165) is 5.56 Å². The van der Waals surface area contributed by atoms with E-state index in [-0.39, 0.29) is 6.09 Å². The zero-order valence-corrected chi connectivity index (χ0v) is 16.0. The molecule has 1 aromatic carbocycles. The van der Waals surface area contributed by atoms with E-state index in [1.165, 1.54) is 7.11 Å². The molecule has 1 N–H and O–H groups in total. The van der Waals surface area contributed by atoms with E-state index in [1.807, 2.05) is 35.2 Å². The molecule has 28 heavy (non-hydrogen) atoms. The summed E-state index contributed by atoms with van der Waals surface area (Å²) in [5, 5.41) is 2.72. The van der Waals surface area contributed by atoms with Crippen LogP contribution in [0.4, 0.5) is 4.79 Å². The Labute approximate surface area is 163 Å². The van der Waals surface area contributed by atoms with Gasteiger partial charge in [0.2, 0.25) is 11.9 Å². The molecular formula is C19H24N4O5. The van der Waals surface area contributed by atoms with Gasteiger partial charge < -0.3 is 19.3 Å². The summed E-state index contributed by atoms with van der Waals surface area (Å²) in [4.78, 5) is 44.9. The largest absolute Gasteiger partial charge is 0.468 e. The number of nitrogens with one attached hydrogen (secondary N) is 1. The molecular weight excluding hydrogens is 364 g/mol. The fourth-order valence-electron chi connectivity index (χ4n) is 3.33. The molecule has 2 aliphatic heterocycles. The molecule has 2 heterocycles. The number of aliphatic imine (C=N–C) groups is 1. The van der Waals surface area contributed by atoms with Crippen LogP contribution in [-0.2, 0) is 19.1 Å². The Morgan fingerprint density at radius 1 is 1.18 bits per heavy atom. The number of esters is 1. The number of carbonyl (C=O) groups is 3. The van der Waals surface area contributed by atoms with Crippen molar-refractivity contribution in [3.63, 3.8) is 0 Å². The highest BCUT2D eigenvalue weighted by Crippen LogP contribution is 2.30. The summed E-state index contributed by atoms with van der Waals surface area (Å²) >= 11 is 0. The van der Waals surface area contributed by atoms with Gasteiger partial charge in [0.25, 0.3) is 0 Å². The molecule has 3 rings (SSSR count). The molecule has 0 spiro atoms. The minimum absolute atomic E-state index is 0.329. The van der Waals surface area contributed by atoms with Gasteiger partial charge in [0.1, 0.15) is 6.04 Å². The van der Waals surface area contributed by atoms with E-state index < -0.39 is 23.8 Å². The van der Waals surface area contributed by atoms with Crippen LogP contribution < -0.4 is 5.32 Å². The maximum absolute atomic E-state index is 12.7. The molecule has 1 saturated heterocycles. The van der Waals surface area contributed by atoms with Crippen molar-refractivity contribution in [2.75, 3.05) is 39.9 Å². The van der Waals surface area contributed by atoms with E-state index in [9.17, 15) is 14.4 Å². The first-order valence-corrected chi connectivity index (χ1v) is 9.23. The van der Waals surface area contributed by atoms with E-state index >= 15 is 0 Å². The van der Waals surface area contributed by atoms with Crippen LogP contribution >= 0.6 is 0 Å². The van der Waals surface area contributed by atoms with Gasteiger partial charge in [-0.1, -0.05) is 30.3 Å². The zero-order valence-electron chi connectivity index (χ0n) is 16.0. The number of piperazine rings is 1. The normalized spacial score (nSPS) is 22.2. The lowest BCUT2D eigenvalue weighted by Gasteiger charge is -2.38. The third-order valence-electron chi connectivity index (χ3n) is 4.80. The van der Waals surface area contributed by atoms with Crippen LogP contribution in [0.1, 0.15) is 18.5 Å². The average molecular weight is 388 g/mol. The fraction of sp³-hybridized carbons (Fsp3) is 0.474. The Hall–Kier alpha value is -3.10. The lowest BCUT2D eigenvalue weighted by Crippen LogP contribution is -2.58. The second kappa shape index (κ2) is 8.73. The molecule has 9 nitrogen and oxygen atoms in total. The van der Waals surface area contributed by atoms with Gasteiger partial charge in [-0.25, -0.2) is 9.79 Å². The van der Waals surface area contributed by atoms with Crippen molar-refractivity contribution in [3.8, 4) is 0 Å². The maximum atomic E-state index is 12.7. The third kappa shape index (κ3) is 4.08. The van der Waals surface area contributed by atoms with Crippen LogP contribution in [0.5, 0.6) is 0 Å². The highest BCUT2D eigenvalue weighted by atomic mass is 16.6.